The number of carbonyl (C=O) groups is 1. The van der Waals surface area contributed by atoms with Gasteiger partial charge in [0.15, 0.2) is 0 Å². The zero-order valence-corrected chi connectivity index (χ0v) is 13.5. The number of benzene rings is 1. The molecule has 5 heteroatoms. The summed E-state index contributed by atoms with van der Waals surface area (Å²) in [4.78, 5) is 14.0. The predicted molar refractivity (Wildman–Crippen MR) is 79.0 cm³/mol. The molecule has 0 radical (unpaired) electrons. The van der Waals surface area contributed by atoms with Crippen molar-refractivity contribution < 1.29 is 13.9 Å². The number of hydrogen-bond acceptors (Lipinski definition) is 2. The number of amides is 1. The predicted octanol–water partition coefficient (Wildman–Crippen LogP) is 4.66. The second-order valence-corrected chi connectivity index (χ2v) is 6.85. The number of carbonyl (C=O) groups excluding carboxylic acids is 1. The molecule has 0 N–H and O–H groups in total. The number of rotatable bonds is 1. The fourth-order valence-corrected chi connectivity index (χ4v) is 3.02. The van der Waals surface area contributed by atoms with E-state index in [4.69, 9.17) is 4.74 Å². The lowest BCUT2D eigenvalue weighted by Gasteiger charge is -2.29. The molecule has 1 amide bonds. The fraction of sp³-hybridized carbons (Fsp3) is 0.533. The third kappa shape index (κ3) is 3.51. The summed E-state index contributed by atoms with van der Waals surface area (Å²) in [5.74, 6) is -0.289. The number of nitrogens with zero attached hydrogens (tertiary/aromatic N) is 1. The van der Waals surface area contributed by atoms with Crippen LogP contribution in [0.2, 0.25) is 0 Å². The summed E-state index contributed by atoms with van der Waals surface area (Å²) in [7, 11) is 0. The lowest BCUT2D eigenvalue weighted by atomic mass is 10.0. The molecule has 1 aromatic carbocycles. The highest BCUT2D eigenvalue weighted by molar-refractivity contribution is 9.10. The van der Waals surface area contributed by atoms with Crippen LogP contribution in [0.25, 0.3) is 0 Å². The average molecular weight is 344 g/mol. The molecule has 1 heterocycles. The molecule has 0 aromatic heterocycles. The zero-order valence-electron chi connectivity index (χ0n) is 12.0. The fourth-order valence-electron chi connectivity index (χ4n) is 2.40. The number of hydrogen-bond donors (Lipinski definition) is 0. The molecule has 20 heavy (non-hydrogen) atoms. The molecular weight excluding hydrogens is 325 g/mol. The van der Waals surface area contributed by atoms with Gasteiger partial charge in [0.05, 0.1) is 6.04 Å². The van der Waals surface area contributed by atoms with Crippen LogP contribution >= 0.6 is 15.9 Å². The SMILES string of the molecule is CC(C)(C)OC(=O)N1CCC[C@@H]1c1ccc(F)cc1Br. The van der Waals surface area contributed by atoms with Crippen LogP contribution in [0.15, 0.2) is 22.7 Å². The van der Waals surface area contributed by atoms with Gasteiger partial charge >= 0.3 is 6.09 Å². The molecule has 1 aliphatic rings. The highest BCUT2D eigenvalue weighted by atomic mass is 79.9. The minimum absolute atomic E-state index is 0.0557. The van der Waals surface area contributed by atoms with Crippen molar-refractivity contribution in [2.45, 2.75) is 45.3 Å². The Kier molecular flexibility index (Phi) is 4.37. The van der Waals surface area contributed by atoms with E-state index in [0.717, 1.165) is 18.4 Å². The Morgan fingerprint density at radius 3 is 2.75 bits per heavy atom. The van der Waals surface area contributed by atoms with Crippen LogP contribution in [0.5, 0.6) is 0 Å². The summed E-state index contributed by atoms with van der Waals surface area (Å²) >= 11 is 3.38. The van der Waals surface area contributed by atoms with E-state index in [0.29, 0.717) is 11.0 Å². The van der Waals surface area contributed by atoms with E-state index in [1.54, 1.807) is 11.0 Å². The molecule has 0 aliphatic carbocycles. The van der Waals surface area contributed by atoms with Crippen molar-refractivity contribution in [1.82, 2.24) is 4.90 Å². The van der Waals surface area contributed by atoms with Crippen LogP contribution in [0, 0.1) is 5.82 Å². The molecule has 2 rings (SSSR count). The highest BCUT2D eigenvalue weighted by Gasteiger charge is 2.34. The second kappa shape index (κ2) is 5.72. The van der Waals surface area contributed by atoms with Gasteiger partial charge in [0, 0.05) is 11.0 Å². The van der Waals surface area contributed by atoms with Gasteiger partial charge in [0.2, 0.25) is 0 Å². The van der Waals surface area contributed by atoms with E-state index >= 15 is 0 Å². The first kappa shape index (κ1) is 15.3. The van der Waals surface area contributed by atoms with Crippen molar-refractivity contribution in [1.29, 1.82) is 0 Å². The summed E-state index contributed by atoms with van der Waals surface area (Å²) in [5.41, 5.74) is 0.416. The molecule has 1 aliphatic heterocycles. The van der Waals surface area contributed by atoms with Crippen molar-refractivity contribution in [3.63, 3.8) is 0 Å². The van der Waals surface area contributed by atoms with Crippen molar-refractivity contribution in [2.24, 2.45) is 0 Å². The average Bonchev–Trinajstić information content (AvgIpc) is 2.75. The molecular formula is C15H19BrFNO2. The Balaban J connectivity index is 2.21. The van der Waals surface area contributed by atoms with Crippen molar-refractivity contribution in [3.05, 3.63) is 34.1 Å². The Hall–Kier alpha value is -1.10. The Labute approximate surface area is 127 Å². The molecule has 1 fully saturated rings. The van der Waals surface area contributed by atoms with Crippen LogP contribution in [-0.4, -0.2) is 23.1 Å². The van der Waals surface area contributed by atoms with Gasteiger partial charge in [-0.15, -0.1) is 0 Å². The van der Waals surface area contributed by atoms with E-state index in [9.17, 15) is 9.18 Å². The molecule has 0 saturated carbocycles. The van der Waals surface area contributed by atoms with Gasteiger partial charge in [-0.05, 0) is 51.3 Å². The lowest BCUT2D eigenvalue weighted by Crippen LogP contribution is -2.36. The van der Waals surface area contributed by atoms with E-state index in [1.165, 1.54) is 12.1 Å². The van der Waals surface area contributed by atoms with Gasteiger partial charge in [-0.3, -0.25) is 0 Å². The van der Waals surface area contributed by atoms with Crippen LogP contribution in [0.3, 0.4) is 0 Å². The molecule has 3 nitrogen and oxygen atoms in total. The summed E-state index contributed by atoms with van der Waals surface area (Å²) in [6, 6.07) is 4.53. The first-order valence-corrected chi connectivity index (χ1v) is 7.52. The first-order valence-electron chi connectivity index (χ1n) is 6.72. The van der Waals surface area contributed by atoms with Gasteiger partial charge in [0.1, 0.15) is 11.4 Å². The van der Waals surface area contributed by atoms with Crippen LogP contribution in [-0.2, 0) is 4.74 Å². The summed E-state index contributed by atoms with van der Waals surface area (Å²) < 4.78 is 19.3. The minimum Gasteiger partial charge on any atom is -0.444 e. The number of likely N-dealkylation sites (tertiary alicyclic amines) is 1. The van der Waals surface area contributed by atoms with Gasteiger partial charge in [0.25, 0.3) is 0 Å². The molecule has 0 spiro atoms. The van der Waals surface area contributed by atoms with Gasteiger partial charge < -0.3 is 9.64 Å². The topological polar surface area (TPSA) is 29.5 Å². The largest absolute Gasteiger partial charge is 0.444 e. The van der Waals surface area contributed by atoms with E-state index in [2.05, 4.69) is 15.9 Å². The third-order valence-corrected chi connectivity index (χ3v) is 3.89. The Morgan fingerprint density at radius 1 is 1.45 bits per heavy atom. The van der Waals surface area contributed by atoms with Crippen LogP contribution < -0.4 is 0 Å². The minimum atomic E-state index is -0.510. The molecule has 0 unspecified atom stereocenters. The second-order valence-electron chi connectivity index (χ2n) is 6.00. The molecule has 0 bridgehead atoms. The smallest absolute Gasteiger partial charge is 0.410 e. The summed E-state index contributed by atoms with van der Waals surface area (Å²) in [6.07, 6.45) is 1.48. The molecule has 1 saturated heterocycles. The highest BCUT2D eigenvalue weighted by Crippen LogP contribution is 2.37. The van der Waals surface area contributed by atoms with Crippen molar-refractivity contribution in [3.8, 4) is 0 Å². The first-order chi connectivity index (χ1) is 9.28. The Morgan fingerprint density at radius 2 is 2.15 bits per heavy atom. The quantitative estimate of drug-likeness (QED) is 0.742. The molecule has 1 atom stereocenters. The maximum atomic E-state index is 13.2. The maximum Gasteiger partial charge on any atom is 0.410 e. The summed E-state index contributed by atoms with van der Waals surface area (Å²) in [5, 5.41) is 0. The van der Waals surface area contributed by atoms with Gasteiger partial charge in [-0.2, -0.15) is 0 Å². The van der Waals surface area contributed by atoms with Crippen LogP contribution in [0.1, 0.15) is 45.2 Å². The normalized spacial score (nSPS) is 19.2. The Bertz CT molecular complexity index is 513. The van der Waals surface area contributed by atoms with E-state index < -0.39 is 5.60 Å². The van der Waals surface area contributed by atoms with E-state index in [1.807, 2.05) is 20.8 Å². The van der Waals surface area contributed by atoms with Crippen molar-refractivity contribution >= 4 is 22.0 Å². The summed E-state index contributed by atoms with van der Waals surface area (Å²) in [6.45, 7) is 6.22. The maximum absolute atomic E-state index is 13.2. The number of halogens is 2. The lowest BCUT2D eigenvalue weighted by molar-refractivity contribution is 0.0224. The third-order valence-electron chi connectivity index (χ3n) is 3.20. The van der Waals surface area contributed by atoms with Gasteiger partial charge in [-0.1, -0.05) is 22.0 Å². The standard InChI is InChI=1S/C15H19BrFNO2/c1-15(2,3)20-14(19)18-8-4-5-13(18)11-7-6-10(17)9-12(11)16/h6-7,9,13H,4-5,8H2,1-3H3/t13-/m1/s1. The van der Waals surface area contributed by atoms with Crippen LogP contribution in [0.4, 0.5) is 9.18 Å². The monoisotopic (exact) mass is 343 g/mol. The molecule has 110 valence electrons. The zero-order chi connectivity index (χ0) is 14.9. The molecule has 1 aromatic rings. The van der Waals surface area contributed by atoms with Gasteiger partial charge in [-0.25, -0.2) is 9.18 Å². The van der Waals surface area contributed by atoms with E-state index in [-0.39, 0.29) is 18.0 Å². The van der Waals surface area contributed by atoms with Crippen molar-refractivity contribution in [2.75, 3.05) is 6.54 Å². The number of ether oxygens (including phenoxy) is 1.